The van der Waals surface area contributed by atoms with Crippen molar-refractivity contribution in [3.63, 3.8) is 0 Å². The number of allylic oxidation sites excluding steroid dienone is 3. The average molecular weight is 832 g/mol. The molecule has 2 unspecified atom stereocenters. The lowest BCUT2D eigenvalue weighted by atomic mass is 10.0. The number of carbonyl (C=O) groups is 2. The summed E-state index contributed by atoms with van der Waals surface area (Å²) < 4.78 is 5.45. The number of carbonyl (C=O) groups excluding carboxylic acids is 2. The summed E-state index contributed by atoms with van der Waals surface area (Å²) in [5.74, 6) is -0.0828. The quantitative estimate of drug-likeness (QED) is 0.0322. The summed E-state index contributed by atoms with van der Waals surface area (Å²) in [4.78, 5) is 24.4. The standard InChI is InChI=1S/C53H101NO5/c1-3-5-7-9-11-13-15-22-25-29-33-37-41-45-51(56)50(49-55)54-52(57)46-42-38-34-30-26-23-20-18-17-19-21-24-28-32-36-40-44-48-59-53(58)47-43-39-35-31-27-16-14-12-10-8-6-4-2/h17,19,41,45,50-51,55-56H,3-16,18,20-40,42-44,46-49H2,1-2H3,(H,54,57)/b19-17-,45-41+. The van der Waals surface area contributed by atoms with Crippen molar-refractivity contribution >= 4 is 11.9 Å². The van der Waals surface area contributed by atoms with Gasteiger partial charge in [0.25, 0.3) is 0 Å². The molecule has 3 N–H and O–H groups in total. The molecule has 59 heavy (non-hydrogen) atoms. The van der Waals surface area contributed by atoms with Crippen LogP contribution in [0.5, 0.6) is 0 Å². The third-order valence-corrected chi connectivity index (χ3v) is 12.0. The summed E-state index contributed by atoms with van der Waals surface area (Å²) >= 11 is 0. The van der Waals surface area contributed by atoms with Gasteiger partial charge in [-0.1, -0.05) is 231 Å². The molecule has 0 rings (SSSR count). The molecular formula is C53H101NO5. The van der Waals surface area contributed by atoms with Crippen molar-refractivity contribution in [1.29, 1.82) is 0 Å². The third-order valence-electron chi connectivity index (χ3n) is 12.0. The first-order valence-electron chi connectivity index (χ1n) is 26.1. The van der Waals surface area contributed by atoms with Gasteiger partial charge in [-0.05, 0) is 57.8 Å². The molecule has 0 aromatic carbocycles. The Morgan fingerprint density at radius 2 is 0.797 bits per heavy atom. The minimum Gasteiger partial charge on any atom is -0.466 e. The van der Waals surface area contributed by atoms with Crippen LogP contribution in [0.15, 0.2) is 24.3 Å². The highest BCUT2D eigenvalue weighted by atomic mass is 16.5. The highest BCUT2D eigenvalue weighted by molar-refractivity contribution is 5.76. The van der Waals surface area contributed by atoms with Crippen molar-refractivity contribution in [2.24, 2.45) is 0 Å². The Morgan fingerprint density at radius 3 is 1.20 bits per heavy atom. The number of esters is 1. The number of aliphatic hydroxyl groups is 2. The highest BCUT2D eigenvalue weighted by Crippen LogP contribution is 2.15. The van der Waals surface area contributed by atoms with Gasteiger partial charge in [0, 0.05) is 12.8 Å². The lowest BCUT2D eigenvalue weighted by molar-refractivity contribution is -0.143. The molecule has 0 heterocycles. The molecule has 6 nitrogen and oxygen atoms in total. The van der Waals surface area contributed by atoms with Gasteiger partial charge in [0.15, 0.2) is 0 Å². The Bertz CT molecular complexity index is 920. The molecule has 0 aliphatic heterocycles. The van der Waals surface area contributed by atoms with Crippen LogP contribution in [-0.4, -0.2) is 47.4 Å². The zero-order valence-corrected chi connectivity index (χ0v) is 39.5. The topological polar surface area (TPSA) is 95.9 Å². The zero-order chi connectivity index (χ0) is 43.0. The first kappa shape index (κ1) is 57.3. The molecule has 0 aliphatic rings. The normalized spacial score (nSPS) is 12.8. The largest absolute Gasteiger partial charge is 0.466 e. The Hall–Kier alpha value is -1.66. The smallest absolute Gasteiger partial charge is 0.305 e. The molecule has 348 valence electrons. The van der Waals surface area contributed by atoms with E-state index in [9.17, 15) is 19.8 Å². The van der Waals surface area contributed by atoms with Gasteiger partial charge in [-0.2, -0.15) is 0 Å². The van der Waals surface area contributed by atoms with Gasteiger partial charge < -0.3 is 20.3 Å². The van der Waals surface area contributed by atoms with Gasteiger partial charge >= 0.3 is 5.97 Å². The van der Waals surface area contributed by atoms with Gasteiger partial charge in [-0.3, -0.25) is 9.59 Å². The molecule has 0 saturated heterocycles. The third kappa shape index (κ3) is 45.7. The van der Waals surface area contributed by atoms with Crippen molar-refractivity contribution in [1.82, 2.24) is 5.32 Å². The minimum atomic E-state index is -0.850. The van der Waals surface area contributed by atoms with Crippen LogP contribution in [0.2, 0.25) is 0 Å². The number of amides is 1. The zero-order valence-electron chi connectivity index (χ0n) is 39.5. The molecule has 0 fully saturated rings. The van der Waals surface area contributed by atoms with Crippen molar-refractivity contribution in [2.75, 3.05) is 13.2 Å². The van der Waals surface area contributed by atoms with E-state index >= 15 is 0 Å². The van der Waals surface area contributed by atoms with E-state index in [-0.39, 0.29) is 18.5 Å². The number of ether oxygens (including phenoxy) is 1. The fraction of sp³-hybridized carbons (Fsp3) is 0.887. The second-order valence-electron chi connectivity index (χ2n) is 17.9. The van der Waals surface area contributed by atoms with Crippen LogP contribution in [0, 0.1) is 0 Å². The van der Waals surface area contributed by atoms with E-state index in [0.717, 1.165) is 57.8 Å². The summed E-state index contributed by atoms with van der Waals surface area (Å²) in [7, 11) is 0. The van der Waals surface area contributed by atoms with Gasteiger partial charge in [-0.15, -0.1) is 0 Å². The predicted molar refractivity (Wildman–Crippen MR) is 255 cm³/mol. The molecule has 0 aromatic rings. The van der Waals surface area contributed by atoms with Gasteiger partial charge in [-0.25, -0.2) is 0 Å². The lowest BCUT2D eigenvalue weighted by Crippen LogP contribution is -2.45. The van der Waals surface area contributed by atoms with Gasteiger partial charge in [0.05, 0.1) is 25.4 Å². The van der Waals surface area contributed by atoms with Crippen molar-refractivity contribution in [2.45, 2.75) is 289 Å². The maximum Gasteiger partial charge on any atom is 0.305 e. The molecule has 0 saturated carbocycles. The van der Waals surface area contributed by atoms with E-state index in [2.05, 4.69) is 31.3 Å². The number of aliphatic hydroxyl groups excluding tert-OH is 2. The number of hydrogen-bond donors (Lipinski definition) is 3. The van der Waals surface area contributed by atoms with Crippen molar-refractivity contribution < 1.29 is 24.5 Å². The second-order valence-corrected chi connectivity index (χ2v) is 17.9. The number of rotatable bonds is 48. The molecule has 6 heteroatoms. The second kappa shape index (κ2) is 49.0. The van der Waals surface area contributed by atoms with E-state index in [0.29, 0.717) is 19.4 Å². The molecule has 0 aliphatic carbocycles. The van der Waals surface area contributed by atoms with Crippen LogP contribution in [0.4, 0.5) is 0 Å². The van der Waals surface area contributed by atoms with Crippen LogP contribution in [0.1, 0.15) is 277 Å². The molecule has 0 spiro atoms. The number of unbranched alkanes of at least 4 members (excludes halogenated alkanes) is 35. The minimum absolute atomic E-state index is 0.00243. The number of hydrogen-bond acceptors (Lipinski definition) is 5. The highest BCUT2D eigenvalue weighted by Gasteiger charge is 2.18. The Morgan fingerprint density at radius 1 is 0.458 bits per heavy atom. The fourth-order valence-corrected chi connectivity index (χ4v) is 7.92. The van der Waals surface area contributed by atoms with E-state index in [4.69, 9.17) is 4.74 Å². The fourth-order valence-electron chi connectivity index (χ4n) is 7.92. The molecule has 0 radical (unpaired) electrons. The van der Waals surface area contributed by atoms with E-state index in [1.54, 1.807) is 6.08 Å². The van der Waals surface area contributed by atoms with E-state index < -0.39 is 12.1 Å². The number of nitrogens with one attached hydrogen (secondary N) is 1. The molecular weight excluding hydrogens is 731 g/mol. The Kier molecular flexibility index (Phi) is 47.6. The lowest BCUT2D eigenvalue weighted by Gasteiger charge is -2.20. The first-order chi connectivity index (χ1) is 29.0. The van der Waals surface area contributed by atoms with Gasteiger partial charge in [0.2, 0.25) is 5.91 Å². The molecule has 0 bridgehead atoms. The van der Waals surface area contributed by atoms with Crippen molar-refractivity contribution in [3.05, 3.63) is 24.3 Å². The summed E-state index contributed by atoms with van der Waals surface area (Å²) in [6.07, 6.45) is 57.5. The van der Waals surface area contributed by atoms with Crippen LogP contribution < -0.4 is 5.32 Å². The van der Waals surface area contributed by atoms with Crippen LogP contribution in [0.25, 0.3) is 0 Å². The molecule has 1 amide bonds. The van der Waals surface area contributed by atoms with Gasteiger partial charge in [0.1, 0.15) is 0 Å². The predicted octanol–water partition coefficient (Wildman–Crippen LogP) is 15.5. The Balaban J connectivity index is 3.49. The summed E-state index contributed by atoms with van der Waals surface area (Å²) in [5.41, 5.74) is 0. The average Bonchev–Trinajstić information content (AvgIpc) is 3.24. The maximum absolute atomic E-state index is 12.4. The summed E-state index contributed by atoms with van der Waals surface area (Å²) in [6, 6.07) is -0.635. The van der Waals surface area contributed by atoms with E-state index in [1.165, 1.54) is 193 Å². The first-order valence-corrected chi connectivity index (χ1v) is 26.1. The maximum atomic E-state index is 12.4. The summed E-state index contributed by atoms with van der Waals surface area (Å²) in [6.45, 7) is 4.87. The van der Waals surface area contributed by atoms with Crippen LogP contribution >= 0.6 is 0 Å². The van der Waals surface area contributed by atoms with Crippen LogP contribution in [0.3, 0.4) is 0 Å². The molecule has 2 atom stereocenters. The SMILES string of the molecule is CCCCCCCCCCCCC/C=C/C(O)C(CO)NC(=O)CCCCCCCCC/C=C\CCCCCCCCOC(=O)CCCCCCCCCCCCCC. The summed E-state index contributed by atoms with van der Waals surface area (Å²) in [5, 5.41) is 23.0. The molecule has 0 aromatic heterocycles. The Labute approximate surface area is 367 Å². The monoisotopic (exact) mass is 832 g/mol. The van der Waals surface area contributed by atoms with Crippen molar-refractivity contribution in [3.8, 4) is 0 Å². The van der Waals surface area contributed by atoms with E-state index in [1.807, 2.05) is 6.08 Å². The van der Waals surface area contributed by atoms with Crippen LogP contribution in [-0.2, 0) is 14.3 Å².